The highest BCUT2D eigenvalue weighted by Crippen LogP contribution is 2.41. The molecule has 0 saturated heterocycles. The molecule has 2 heterocycles. The fraction of sp³-hybridized carbons (Fsp3) is 0.292. The Hall–Kier alpha value is -4.03. The van der Waals surface area contributed by atoms with Gasteiger partial charge in [-0.1, -0.05) is 30.3 Å². The lowest BCUT2D eigenvalue weighted by atomic mass is 9.92. The summed E-state index contributed by atoms with van der Waals surface area (Å²) < 4.78 is 79.6. The van der Waals surface area contributed by atoms with Crippen molar-refractivity contribution in [3.63, 3.8) is 0 Å². The smallest absolute Gasteiger partial charge is 0.350 e. The Morgan fingerprint density at radius 1 is 1.03 bits per heavy atom. The topological polar surface area (TPSA) is 81.8 Å². The molecule has 37 heavy (non-hydrogen) atoms. The van der Waals surface area contributed by atoms with Gasteiger partial charge in [0, 0.05) is 13.6 Å². The molecule has 0 aliphatic carbocycles. The number of amides is 4. The van der Waals surface area contributed by atoms with Gasteiger partial charge in [-0.05, 0) is 29.3 Å². The molecule has 2 N–H and O–H groups in total. The molecule has 1 atom stereocenters. The van der Waals surface area contributed by atoms with Crippen molar-refractivity contribution in [1.82, 2.24) is 20.4 Å². The fourth-order valence-electron chi connectivity index (χ4n) is 4.28. The van der Waals surface area contributed by atoms with E-state index in [1.165, 1.54) is 37.4 Å². The molecule has 2 aliphatic rings. The first kappa shape index (κ1) is 26.0. The van der Waals surface area contributed by atoms with Gasteiger partial charge < -0.3 is 15.5 Å². The predicted octanol–water partition coefficient (Wildman–Crippen LogP) is 3.83. The Morgan fingerprint density at radius 3 is 2.41 bits per heavy atom. The Bertz CT molecular complexity index is 1290. The number of carbonyl (C=O) groups is 3. The van der Waals surface area contributed by atoms with Crippen molar-refractivity contribution in [2.24, 2.45) is 0 Å². The average molecular weight is 526 g/mol. The lowest BCUT2D eigenvalue weighted by Gasteiger charge is -2.32. The van der Waals surface area contributed by atoms with E-state index in [9.17, 15) is 40.7 Å². The first-order valence-electron chi connectivity index (χ1n) is 10.9. The second-order valence-corrected chi connectivity index (χ2v) is 8.52. The molecular weight excluding hydrogens is 506 g/mol. The minimum atomic E-state index is -4.74. The molecular formula is C24H20F6N4O3. The number of nitrogens with one attached hydrogen (secondary N) is 2. The van der Waals surface area contributed by atoms with Crippen molar-refractivity contribution in [2.75, 3.05) is 20.1 Å². The van der Waals surface area contributed by atoms with Gasteiger partial charge in [0.05, 0.1) is 35.0 Å². The third kappa shape index (κ3) is 5.25. The Morgan fingerprint density at radius 2 is 1.73 bits per heavy atom. The number of hydrogen-bond acceptors (Lipinski definition) is 3. The molecule has 4 amide bonds. The van der Waals surface area contributed by atoms with Crippen molar-refractivity contribution >= 4 is 17.8 Å². The van der Waals surface area contributed by atoms with Gasteiger partial charge in [-0.15, -0.1) is 0 Å². The second-order valence-electron chi connectivity index (χ2n) is 8.52. The number of nitrogens with zero attached hydrogens (tertiary/aromatic N) is 2. The first-order valence-corrected chi connectivity index (χ1v) is 10.9. The van der Waals surface area contributed by atoms with Crippen LogP contribution in [0.4, 0.5) is 31.1 Å². The minimum absolute atomic E-state index is 0.0931. The number of rotatable bonds is 5. The third-order valence-electron chi connectivity index (χ3n) is 6.09. The number of benzene rings is 2. The summed E-state index contributed by atoms with van der Waals surface area (Å²) in [6, 6.07) is 6.83. The molecule has 4 rings (SSSR count). The van der Waals surface area contributed by atoms with Crippen LogP contribution in [0.5, 0.6) is 0 Å². The number of urea groups is 1. The van der Waals surface area contributed by atoms with Crippen LogP contribution < -0.4 is 10.6 Å². The maximum atomic E-state index is 13.6. The van der Waals surface area contributed by atoms with Gasteiger partial charge in [-0.25, -0.2) is 4.79 Å². The molecule has 0 bridgehead atoms. The van der Waals surface area contributed by atoms with Crippen LogP contribution in [0.2, 0.25) is 0 Å². The van der Waals surface area contributed by atoms with Crippen LogP contribution in [-0.4, -0.2) is 47.8 Å². The number of carbonyl (C=O) groups excluding carboxylic acids is 3. The van der Waals surface area contributed by atoms with Gasteiger partial charge in [-0.2, -0.15) is 26.3 Å². The minimum Gasteiger partial charge on any atom is -0.350 e. The Balaban J connectivity index is 1.51. The summed E-state index contributed by atoms with van der Waals surface area (Å²) in [5, 5.41) is 4.86. The van der Waals surface area contributed by atoms with Crippen molar-refractivity contribution in [3.8, 4) is 0 Å². The van der Waals surface area contributed by atoms with Crippen LogP contribution in [0.25, 0.3) is 0 Å². The van der Waals surface area contributed by atoms with E-state index < -0.39 is 53.9 Å². The molecule has 2 aromatic carbocycles. The lowest BCUT2D eigenvalue weighted by Crippen LogP contribution is -2.45. The summed E-state index contributed by atoms with van der Waals surface area (Å²) in [6.07, 6.45) is -9.29. The van der Waals surface area contributed by atoms with E-state index in [2.05, 4.69) is 10.6 Å². The van der Waals surface area contributed by atoms with Crippen LogP contribution in [0.1, 0.15) is 28.3 Å². The molecule has 196 valence electrons. The standard InChI is InChI=1S/C24H20F6N4O3/c1-33-17-11-34(12-18(35)31-10-13-5-4-6-14(9-13)23(25,26)27)21(36)19(17)20(32-22(33)37)15-7-2-3-8-16(15)24(28,29)30/h2-9,20H,10-12H2,1H3,(H,31,35)(H,32,37). The fourth-order valence-corrected chi connectivity index (χ4v) is 4.28. The van der Waals surface area contributed by atoms with E-state index in [1.54, 1.807) is 0 Å². The van der Waals surface area contributed by atoms with Crippen LogP contribution in [0.15, 0.2) is 59.8 Å². The summed E-state index contributed by atoms with van der Waals surface area (Å²) in [5.74, 6) is -1.43. The van der Waals surface area contributed by atoms with Crippen molar-refractivity contribution in [1.29, 1.82) is 0 Å². The molecule has 0 saturated carbocycles. The van der Waals surface area contributed by atoms with Gasteiger partial charge in [0.25, 0.3) is 5.91 Å². The van der Waals surface area contributed by atoms with Gasteiger partial charge >= 0.3 is 18.4 Å². The molecule has 7 nitrogen and oxygen atoms in total. The van der Waals surface area contributed by atoms with Gasteiger partial charge in [0.15, 0.2) is 0 Å². The molecule has 0 fully saturated rings. The summed E-state index contributed by atoms with van der Waals surface area (Å²) >= 11 is 0. The zero-order chi connectivity index (χ0) is 27.1. The molecule has 2 aliphatic heterocycles. The van der Waals surface area contributed by atoms with Crippen molar-refractivity contribution < 1.29 is 40.7 Å². The van der Waals surface area contributed by atoms with Crippen molar-refractivity contribution in [2.45, 2.75) is 24.9 Å². The van der Waals surface area contributed by atoms with Crippen LogP contribution in [0.3, 0.4) is 0 Å². The van der Waals surface area contributed by atoms with E-state index >= 15 is 0 Å². The lowest BCUT2D eigenvalue weighted by molar-refractivity contribution is -0.139. The number of halogens is 6. The Kier molecular flexibility index (Phi) is 6.65. The zero-order valence-electron chi connectivity index (χ0n) is 19.2. The highest BCUT2D eigenvalue weighted by atomic mass is 19.4. The first-order chi connectivity index (χ1) is 17.3. The molecule has 0 aromatic heterocycles. The Labute approximate surface area is 206 Å². The number of likely N-dealkylation sites (N-methyl/N-ethyl adjacent to an activating group) is 1. The normalized spacial score (nSPS) is 18.2. The van der Waals surface area contributed by atoms with Crippen LogP contribution >= 0.6 is 0 Å². The molecule has 1 unspecified atom stereocenters. The number of hydrogen-bond donors (Lipinski definition) is 2. The van der Waals surface area contributed by atoms with Crippen LogP contribution in [-0.2, 0) is 28.5 Å². The monoisotopic (exact) mass is 526 g/mol. The SMILES string of the molecule is CN1C(=O)NC(c2ccccc2C(F)(F)F)C2=C1CN(CC(=O)NCc1cccc(C(F)(F)F)c1)C2=O. The third-order valence-corrected chi connectivity index (χ3v) is 6.09. The van der Waals surface area contributed by atoms with Gasteiger partial charge in [0.1, 0.15) is 6.54 Å². The summed E-state index contributed by atoms with van der Waals surface area (Å²) in [6.45, 7) is -0.959. The van der Waals surface area contributed by atoms with E-state index in [1.807, 2.05) is 0 Å². The molecule has 2 aromatic rings. The highest BCUT2D eigenvalue weighted by Gasteiger charge is 2.46. The van der Waals surface area contributed by atoms with Crippen molar-refractivity contribution in [3.05, 3.63) is 82.1 Å². The van der Waals surface area contributed by atoms with Gasteiger partial charge in [0.2, 0.25) is 5.91 Å². The second kappa shape index (κ2) is 9.45. The molecule has 0 radical (unpaired) electrons. The van der Waals surface area contributed by atoms with E-state index in [4.69, 9.17) is 0 Å². The maximum Gasteiger partial charge on any atom is 0.416 e. The van der Waals surface area contributed by atoms with Gasteiger partial charge in [-0.3, -0.25) is 14.5 Å². The summed E-state index contributed by atoms with van der Waals surface area (Å²) in [4.78, 5) is 40.3. The molecule has 0 spiro atoms. The summed E-state index contributed by atoms with van der Waals surface area (Å²) in [7, 11) is 1.35. The number of alkyl halides is 6. The largest absolute Gasteiger partial charge is 0.416 e. The maximum absolute atomic E-state index is 13.6. The van der Waals surface area contributed by atoms with Crippen LogP contribution in [0, 0.1) is 0 Å². The zero-order valence-corrected chi connectivity index (χ0v) is 19.2. The quantitative estimate of drug-likeness (QED) is 0.582. The van der Waals surface area contributed by atoms with E-state index in [-0.39, 0.29) is 35.5 Å². The molecule has 13 heteroatoms. The highest BCUT2D eigenvalue weighted by molar-refractivity contribution is 6.03. The van der Waals surface area contributed by atoms with E-state index in [0.717, 1.165) is 28.0 Å². The van der Waals surface area contributed by atoms with E-state index in [0.29, 0.717) is 0 Å². The predicted molar refractivity (Wildman–Crippen MR) is 117 cm³/mol. The summed E-state index contributed by atoms with van der Waals surface area (Å²) in [5.41, 5.74) is -1.95. The average Bonchev–Trinajstić information content (AvgIpc) is 3.15.